The van der Waals surface area contributed by atoms with E-state index in [-0.39, 0.29) is 5.41 Å². The van der Waals surface area contributed by atoms with Crippen molar-refractivity contribution < 1.29 is 20.1 Å². The van der Waals surface area contributed by atoms with E-state index in [1.54, 1.807) is 12.1 Å². The highest BCUT2D eigenvalue weighted by Gasteiger charge is 2.22. The zero-order valence-electron chi connectivity index (χ0n) is 9.10. The summed E-state index contributed by atoms with van der Waals surface area (Å²) in [6, 6.07) is 7.27. The Morgan fingerprint density at radius 3 is 1.80 bits per heavy atom. The molecule has 0 unspecified atom stereocenters. The molecule has 4 nitrogen and oxygen atoms in total. The van der Waals surface area contributed by atoms with Crippen LogP contribution >= 0.6 is 0 Å². The van der Waals surface area contributed by atoms with Gasteiger partial charge in [0.25, 0.3) is 0 Å². The molecular formula is C10H15BO4. The summed E-state index contributed by atoms with van der Waals surface area (Å²) in [4.78, 5) is 7.88. The summed E-state index contributed by atoms with van der Waals surface area (Å²) in [5, 5.41) is 16.8. The van der Waals surface area contributed by atoms with Gasteiger partial charge in [-0.25, -0.2) is 0 Å². The maximum Gasteiger partial charge on any atom is 0.554 e. The summed E-state index contributed by atoms with van der Waals surface area (Å²) in [7, 11) is -1.15. The van der Waals surface area contributed by atoms with Crippen LogP contribution in [0.15, 0.2) is 24.3 Å². The molecule has 1 aromatic rings. The molecule has 82 valence electrons. The zero-order chi connectivity index (χ0) is 11.5. The standard InChI is InChI=1S/C10H15BO4/c1-10(2,3)8-4-6-9(7-5-8)11(14-12)15-13/h4-7,12-13H,1-3H3. The maximum atomic E-state index is 8.42. The first-order chi connectivity index (χ1) is 6.99. The van der Waals surface area contributed by atoms with E-state index in [9.17, 15) is 0 Å². The fourth-order valence-corrected chi connectivity index (χ4v) is 1.28. The lowest BCUT2D eigenvalue weighted by molar-refractivity contribution is -0.221. The first-order valence-corrected chi connectivity index (χ1v) is 4.70. The minimum absolute atomic E-state index is 0.0637. The Labute approximate surface area is 89.5 Å². The van der Waals surface area contributed by atoms with Crippen LogP contribution in [0, 0.1) is 0 Å². The van der Waals surface area contributed by atoms with E-state index in [4.69, 9.17) is 10.5 Å². The zero-order valence-corrected chi connectivity index (χ0v) is 9.10. The second-order valence-electron chi connectivity index (χ2n) is 4.41. The summed E-state index contributed by atoms with van der Waals surface area (Å²) in [5.41, 5.74) is 1.77. The van der Waals surface area contributed by atoms with E-state index in [0.29, 0.717) is 5.46 Å². The molecular weight excluding hydrogens is 195 g/mol. The summed E-state index contributed by atoms with van der Waals surface area (Å²) in [6.45, 7) is 6.31. The van der Waals surface area contributed by atoms with Crippen molar-refractivity contribution in [3.8, 4) is 0 Å². The molecule has 0 aromatic heterocycles. The quantitative estimate of drug-likeness (QED) is 0.452. The van der Waals surface area contributed by atoms with Crippen LogP contribution in [-0.2, 0) is 15.0 Å². The molecule has 0 fully saturated rings. The van der Waals surface area contributed by atoms with Gasteiger partial charge in [0.05, 0.1) is 0 Å². The molecule has 0 aliphatic carbocycles. The Hall–Kier alpha value is -0.875. The predicted octanol–water partition coefficient (Wildman–Crippen LogP) is 1.66. The maximum absolute atomic E-state index is 8.42. The lowest BCUT2D eigenvalue weighted by Gasteiger charge is -2.19. The Kier molecular flexibility index (Phi) is 3.87. The van der Waals surface area contributed by atoms with Crippen molar-refractivity contribution >= 4 is 12.6 Å². The van der Waals surface area contributed by atoms with Crippen molar-refractivity contribution in [2.75, 3.05) is 0 Å². The second kappa shape index (κ2) is 4.76. The SMILES string of the molecule is CC(C)(C)c1ccc(B(OO)OO)cc1. The van der Waals surface area contributed by atoms with E-state index in [2.05, 4.69) is 30.4 Å². The Morgan fingerprint density at radius 2 is 1.47 bits per heavy atom. The molecule has 1 aromatic carbocycles. The molecule has 0 aliphatic rings. The third-order valence-corrected chi connectivity index (χ3v) is 2.24. The third kappa shape index (κ3) is 3.04. The molecule has 0 spiro atoms. The topological polar surface area (TPSA) is 58.9 Å². The van der Waals surface area contributed by atoms with Crippen LogP contribution in [0.2, 0.25) is 0 Å². The summed E-state index contributed by atoms with van der Waals surface area (Å²) < 4.78 is 0. The Morgan fingerprint density at radius 1 is 1.00 bits per heavy atom. The average Bonchev–Trinajstić information content (AvgIpc) is 2.19. The van der Waals surface area contributed by atoms with E-state index < -0.39 is 7.12 Å². The smallest absolute Gasteiger partial charge is 0.264 e. The van der Waals surface area contributed by atoms with Gasteiger partial charge >= 0.3 is 7.12 Å². The van der Waals surface area contributed by atoms with Crippen molar-refractivity contribution in [2.45, 2.75) is 26.2 Å². The summed E-state index contributed by atoms with van der Waals surface area (Å²) >= 11 is 0. The van der Waals surface area contributed by atoms with Crippen LogP contribution in [0.1, 0.15) is 26.3 Å². The van der Waals surface area contributed by atoms with Crippen molar-refractivity contribution in [1.29, 1.82) is 0 Å². The normalized spacial score (nSPS) is 11.5. The third-order valence-electron chi connectivity index (χ3n) is 2.24. The summed E-state index contributed by atoms with van der Waals surface area (Å²) in [5.74, 6) is 0. The van der Waals surface area contributed by atoms with Gasteiger partial charge in [0.15, 0.2) is 0 Å². The molecule has 2 N–H and O–H groups in total. The second-order valence-corrected chi connectivity index (χ2v) is 4.41. The van der Waals surface area contributed by atoms with Crippen LogP contribution in [0.3, 0.4) is 0 Å². The van der Waals surface area contributed by atoms with Gasteiger partial charge in [-0.15, -0.1) is 0 Å². The van der Waals surface area contributed by atoms with Crippen molar-refractivity contribution in [2.24, 2.45) is 0 Å². The van der Waals surface area contributed by atoms with Gasteiger partial charge < -0.3 is 0 Å². The van der Waals surface area contributed by atoms with Crippen molar-refractivity contribution in [3.63, 3.8) is 0 Å². The van der Waals surface area contributed by atoms with Crippen molar-refractivity contribution in [3.05, 3.63) is 29.8 Å². The largest absolute Gasteiger partial charge is 0.554 e. The van der Waals surface area contributed by atoms with Gasteiger partial charge in [0, 0.05) is 0 Å². The van der Waals surface area contributed by atoms with E-state index in [1.165, 1.54) is 0 Å². The van der Waals surface area contributed by atoms with E-state index in [1.807, 2.05) is 12.1 Å². The highest BCUT2D eigenvalue weighted by Crippen LogP contribution is 2.20. The van der Waals surface area contributed by atoms with Gasteiger partial charge in [-0.1, -0.05) is 45.0 Å². The Balaban J connectivity index is 2.89. The fraction of sp³-hybridized carbons (Fsp3) is 0.400. The van der Waals surface area contributed by atoms with Crippen LogP contribution in [0.25, 0.3) is 0 Å². The molecule has 15 heavy (non-hydrogen) atoms. The van der Waals surface area contributed by atoms with E-state index in [0.717, 1.165) is 5.56 Å². The molecule has 1 rings (SSSR count). The van der Waals surface area contributed by atoms with Gasteiger partial charge in [0.2, 0.25) is 0 Å². The molecule has 0 saturated heterocycles. The lowest BCUT2D eigenvalue weighted by Crippen LogP contribution is -2.35. The molecule has 5 heteroatoms. The molecule has 0 aliphatic heterocycles. The van der Waals surface area contributed by atoms with Crippen LogP contribution in [-0.4, -0.2) is 17.6 Å². The first kappa shape index (κ1) is 12.2. The summed E-state index contributed by atoms with van der Waals surface area (Å²) in [6.07, 6.45) is 0. The monoisotopic (exact) mass is 210 g/mol. The lowest BCUT2D eigenvalue weighted by atomic mass is 9.77. The van der Waals surface area contributed by atoms with Gasteiger partial charge in [-0.3, -0.25) is 20.1 Å². The minimum atomic E-state index is -1.15. The number of hydrogen-bond acceptors (Lipinski definition) is 4. The highest BCUT2D eigenvalue weighted by atomic mass is 17.2. The van der Waals surface area contributed by atoms with Crippen LogP contribution in [0.4, 0.5) is 0 Å². The molecule has 0 saturated carbocycles. The number of benzene rings is 1. The van der Waals surface area contributed by atoms with Crippen LogP contribution in [0.5, 0.6) is 0 Å². The molecule has 0 amide bonds. The van der Waals surface area contributed by atoms with Crippen molar-refractivity contribution in [1.82, 2.24) is 0 Å². The van der Waals surface area contributed by atoms with Gasteiger partial charge in [0.1, 0.15) is 0 Å². The molecule has 0 atom stereocenters. The predicted molar refractivity (Wildman–Crippen MR) is 58.0 cm³/mol. The van der Waals surface area contributed by atoms with Gasteiger partial charge in [-0.05, 0) is 16.4 Å². The fourth-order valence-electron chi connectivity index (χ4n) is 1.28. The minimum Gasteiger partial charge on any atom is -0.264 e. The van der Waals surface area contributed by atoms with Crippen LogP contribution < -0.4 is 5.46 Å². The Bertz CT molecular complexity index is 300. The molecule has 0 heterocycles. The number of rotatable bonds is 3. The number of hydrogen-bond donors (Lipinski definition) is 2. The van der Waals surface area contributed by atoms with E-state index >= 15 is 0 Å². The molecule has 0 radical (unpaired) electrons. The molecule has 0 bridgehead atoms. The first-order valence-electron chi connectivity index (χ1n) is 4.70. The average molecular weight is 210 g/mol. The highest BCUT2D eigenvalue weighted by molar-refractivity contribution is 6.60. The van der Waals surface area contributed by atoms with Gasteiger partial charge in [-0.2, -0.15) is 0 Å².